The van der Waals surface area contributed by atoms with Crippen molar-refractivity contribution in [1.29, 1.82) is 0 Å². The lowest BCUT2D eigenvalue weighted by Gasteiger charge is -2.02. The van der Waals surface area contributed by atoms with Gasteiger partial charge in [0.2, 0.25) is 5.95 Å². The van der Waals surface area contributed by atoms with Crippen molar-refractivity contribution < 1.29 is 0 Å². The summed E-state index contributed by atoms with van der Waals surface area (Å²) in [5.74, 6) is 0.454. The molecule has 1 N–H and O–H groups in total. The van der Waals surface area contributed by atoms with Gasteiger partial charge in [0, 0.05) is 22.7 Å². The molecule has 0 spiro atoms. The number of H-pyrrole nitrogens is 1. The summed E-state index contributed by atoms with van der Waals surface area (Å²) in [4.78, 5) is 12.5. The minimum absolute atomic E-state index is 0.454. The first-order chi connectivity index (χ1) is 14.4. The van der Waals surface area contributed by atoms with Gasteiger partial charge < -0.3 is 4.98 Å². The maximum Gasteiger partial charge on any atom is 0.247 e. The first-order valence-corrected chi connectivity index (χ1v) is 9.35. The summed E-state index contributed by atoms with van der Waals surface area (Å²) >= 11 is 0. The molecule has 5 nitrogen and oxygen atoms in total. The van der Waals surface area contributed by atoms with Crippen LogP contribution in [-0.4, -0.2) is 15.0 Å². The Bertz CT molecular complexity index is 1230. The van der Waals surface area contributed by atoms with E-state index in [0.717, 1.165) is 33.4 Å². The number of aromatic amines is 1. The van der Waals surface area contributed by atoms with E-state index in [2.05, 4.69) is 32.3 Å². The van der Waals surface area contributed by atoms with Gasteiger partial charge in [-0.25, -0.2) is 4.98 Å². The van der Waals surface area contributed by atoms with Gasteiger partial charge in [-0.3, -0.25) is 4.98 Å². The van der Waals surface area contributed by atoms with E-state index in [0.29, 0.717) is 11.6 Å². The number of benzene rings is 3. The maximum atomic E-state index is 4.72. The van der Waals surface area contributed by atoms with Crippen LogP contribution in [-0.2, 0) is 0 Å². The average molecular weight is 375 g/mol. The molecule has 0 bridgehead atoms. The Kier molecular flexibility index (Phi) is 4.39. The Labute approximate surface area is 167 Å². The van der Waals surface area contributed by atoms with E-state index in [9.17, 15) is 0 Å². The van der Waals surface area contributed by atoms with E-state index in [1.54, 1.807) is 6.20 Å². The van der Waals surface area contributed by atoms with E-state index in [1.165, 1.54) is 0 Å². The number of rotatable bonds is 4. The van der Waals surface area contributed by atoms with Crippen molar-refractivity contribution in [2.75, 3.05) is 0 Å². The summed E-state index contributed by atoms with van der Waals surface area (Å²) in [6.45, 7) is 0. The van der Waals surface area contributed by atoms with Gasteiger partial charge in [-0.15, -0.1) is 10.2 Å². The van der Waals surface area contributed by atoms with Crippen molar-refractivity contribution in [2.24, 2.45) is 10.2 Å². The van der Waals surface area contributed by atoms with Crippen LogP contribution in [0.5, 0.6) is 0 Å². The van der Waals surface area contributed by atoms with Crippen LogP contribution >= 0.6 is 0 Å². The normalized spacial score (nSPS) is 11.3. The summed E-state index contributed by atoms with van der Waals surface area (Å²) in [5.41, 5.74) is 5.37. The van der Waals surface area contributed by atoms with Crippen LogP contribution in [0.15, 0.2) is 107 Å². The zero-order chi connectivity index (χ0) is 19.5. The number of nitrogens with zero attached hydrogens (tertiary/aromatic N) is 4. The summed E-state index contributed by atoms with van der Waals surface area (Å²) in [7, 11) is 0. The van der Waals surface area contributed by atoms with E-state index in [4.69, 9.17) is 4.98 Å². The zero-order valence-corrected chi connectivity index (χ0v) is 15.5. The second-order valence-electron chi connectivity index (χ2n) is 6.57. The largest absolute Gasteiger partial charge is 0.320 e. The quantitative estimate of drug-likeness (QED) is 0.355. The lowest BCUT2D eigenvalue weighted by atomic mass is 10.1. The third-order valence-corrected chi connectivity index (χ3v) is 4.66. The minimum atomic E-state index is 0.454. The molecule has 5 rings (SSSR count). The fourth-order valence-electron chi connectivity index (χ4n) is 3.30. The Morgan fingerprint density at radius 3 is 2.17 bits per heavy atom. The second-order valence-corrected chi connectivity index (χ2v) is 6.57. The molecule has 5 heteroatoms. The number of para-hydroxylation sites is 1. The molecule has 0 fully saturated rings. The summed E-state index contributed by atoms with van der Waals surface area (Å²) in [6.07, 6.45) is 1.76. The lowest BCUT2D eigenvalue weighted by Crippen LogP contribution is -1.82. The molecule has 0 aliphatic carbocycles. The molecular weight excluding hydrogens is 358 g/mol. The molecule has 0 atom stereocenters. The molecule has 0 aliphatic rings. The SMILES string of the molecule is c1ccc(-c2nc(/N=N/c3cccc4cccnc34)[nH]c2-c2ccccc2)cc1. The molecule has 5 aromatic rings. The first-order valence-electron chi connectivity index (χ1n) is 9.35. The molecule has 0 unspecified atom stereocenters. The monoisotopic (exact) mass is 375 g/mol. The third-order valence-electron chi connectivity index (χ3n) is 4.66. The smallest absolute Gasteiger partial charge is 0.247 e. The van der Waals surface area contributed by atoms with E-state index < -0.39 is 0 Å². The molecule has 2 aromatic heterocycles. The molecule has 0 aliphatic heterocycles. The highest BCUT2D eigenvalue weighted by atomic mass is 15.2. The number of imidazole rings is 1. The molecule has 0 saturated carbocycles. The van der Waals surface area contributed by atoms with Gasteiger partial charge in [-0.2, -0.15) is 0 Å². The number of hydrogen-bond acceptors (Lipinski definition) is 4. The predicted molar refractivity (Wildman–Crippen MR) is 115 cm³/mol. The van der Waals surface area contributed by atoms with Crippen LogP contribution in [0.3, 0.4) is 0 Å². The molecule has 29 heavy (non-hydrogen) atoms. The highest BCUT2D eigenvalue weighted by molar-refractivity contribution is 5.88. The highest BCUT2D eigenvalue weighted by Gasteiger charge is 2.14. The summed E-state index contributed by atoms with van der Waals surface area (Å²) in [6, 6.07) is 30.0. The van der Waals surface area contributed by atoms with Crippen LogP contribution in [0.4, 0.5) is 11.6 Å². The molecule has 0 saturated heterocycles. The van der Waals surface area contributed by atoms with E-state index in [-0.39, 0.29) is 0 Å². The van der Waals surface area contributed by atoms with Gasteiger partial charge in [0.05, 0.1) is 16.9 Å². The second kappa shape index (κ2) is 7.48. The number of aromatic nitrogens is 3. The highest BCUT2D eigenvalue weighted by Crippen LogP contribution is 2.33. The van der Waals surface area contributed by atoms with Crippen LogP contribution < -0.4 is 0 Å². The Balaban J connectivity index is 1.59. The van der Waals surface area contributed by atoms with Crippen molar-refractivity contribution in [3.63, 3.8) is 0 Å². The van der Waals surface area contributed by atoms with Crippen molar-refractivity contribution in [2.45, 2.75) is 0 Å². The van der Waals surface area contributed by atoms with Gasteiger partial charge in [-0.1, -0.05) is 78.9 Å². The van der Waals surface area contributed by atoms with Crippen molar-refractivity contribution in [3.8, 4) is 22.5 Å². The Morgan fingerprint density at radius 1 is 0.655 bits per heavy atom. The molecule has 0 amide bonds. The molecule has 138 valence electrons. The third kappa shape index (κ3) is 3.41. The fourth-order valence-corrected chi connectivity index (χ4v) is 3.30. The number of fused-ring (bicyclic) bond motifs is 1. The van der Waals surface area contributed by atoms with Crippen molar-refractivity contribution in [1.82, 2.24) is 15.0 Å². The van der Waals surface area contributed by atoms with Crippen molar-refractivity contribution in [3.05, 3.63) is 97.2 Å². The fraction of sp³-hybridized carbons (Fsp3) is 0. The molecule has 3 aromatic carbocycles. The maximum absolute atomic E-state index is 4.72. The van der Waals surface area contributed by atoms with Crippen LogP contribution in [0.1, 0.15) is 0 Å². The standard InChI is InChI=1S/C24H17N5/c1-3-9-18(10-4-1)22-23(19-11-5-2-6-12-19)27-24(26-22)29-28-20-15-7-13-17-14-8-16-25-21(17)20/h1-16H,(H,26,27)/b29-28+. The number of nitrogens with one attached hydrogen (secondary N) is 1. The summed E-state index contributed by atoms with van der Waals surface area (Å²) < 4.78 is 0. The topological polar surface area (TPSA) is 66.3 Å². The van der Waals surface area contributed by atoms with E-state index >= 15 is 0 Å². The summed E-state index contributed by atoms with van der Waals surface area (Å²) in [5, 5.41) is 9.82. The van der Waals surface area contributed by atoms with Crippen LogP contribution in [0.2, 0.25) is 0 Å². The molecule has 0 radical (unpaired) electrons. The van der Waals surface area contributed by atoms with Crippen molar-refractivity contribution >= 4 is 22.5 Å². The number of azo groups is 1. The lowest BCUT2D eigenvalue weighted by molar-refractivity contribution is 1.13. The number of pyridine rings is 1. The van der Waals surface area contributed by atoms with E-state index in [1.807, 2.05) is 78.9 Å². The Morgan fingerprint density at radius 2 is 1.38 bits per heavy atom. The first kappa shape index (κ1) is 17.0. The van der Waals surface area contributed by atoms with Crippen LogP contribution in [0.25, 0.3) is 33.4 Å². The minimum Gasteiger partial charge on any atom is -0.320 e. The van der Waals surface area contributed by atoms with Gasteiger partial charge >= 0.3 is 0 Å². The predicted octanol–water partition coefficient (Wildman–Crippen LogP) is 6.71. The van der Waals surface area contributed by atoms with Gasteiger partial charge in [0.15, 0.2) is 0 Å². The molecule has 2 heterocycles. The molecular formula is C24H17N5. The van der Waals surface area contributed by atoms with Gasteiger partial charge in [-0.05, 0) is 12.1 Å². The van der Waals surface area contributed by atoms with Crippen LogP contribution in [0, 0.1) is 0 Å². The van der Waals surface area contributed by atoms with Gasteiger partial charge in [0.1, 0.15) is 5.69 Å². The zero-order valence-electron chi connectivity index (χ0n) is 15.5. The Hall–Kier alpha value is -4.12. The van der Waals surface area contributed by atoms with Gasteiger partial charge in [0.25, 0.3) is 0 Å². The average Bonchev–Trinajstić information content (AvgIpc) is 3.23. The number of hydrogen-bond donors (Lipinski definition) is 1.